The van der Waals surface area contributed by atoms with Gasteiger partial charge in [-0.3, -0.25) is 4.90 Å². The predicted molar refractivity (Wildman–Crippen MR) is 69.4 cm³/mol. The summed E-state index contributed by atoms with van der Waals surface area (Å²) in [6.45, 7) is 3.64. The van der Waals surface area contributed by atoms with Crippen LogP contribution < -0.4 is 0 Å². The predicted octanol–water partition coefficient (Wildman–Crippen LogP) is 3.20. The fourth-order valence-corrected chi connectivity index (χ4v) is 2.75. The number of nitrogens with zero attached hydrogens (tertiary/aromatic N) is 1. The van der Waals surface area contributed by atoms with Crippen molar-refractivity contribution < 1.29 is 9.13 Å². The molecule has 2 atom stereocenters. The lowest BCUT2D eigenvalue weighted by Gasteiger charge is -2.27. The van der Waals surface area contributed by atoms with E-state index in [0.717, 1.165) is 25.1 Å². The fraction of sp³-hybridized carbons (Fsp3) is 0.538. The number of likely N-dealkylation sites (N-methyl/N-ethyl adjacent to an activating group) is 1. The van der Waals surface area contributed by atoms with Crippen molar-refractivity contribution in [1.82, 2.24) is 4.90 Å². The molecule has 0 bridgehead atoms. The second-order valence-corrected chi connectivity index (χ2v) is 5.35. The van der Waals surface area contributed by atoms with Gasteiger partial charge in [0.2, 0.25) is 0 Å². The molecule has 1 heterocycles. The Hall–Kier alpha value is -0.450. The van der Waals surface area contributed by atoms with E-state index in [1.165, 1.54) is 6.07 Å². The highest BCUT2D eigenvalue weighted by Gasteiger charge is 2.28. The van der Waals surface area contributed by atoms with Crippen molar-refractivity contribution in [2.24, 2.45) is 0 Å². The topological polar surface area (TPSA) is 12.5 Å². The summed E-state index contributed by atoms with van der Waals surface area (Å²) in [5, 5.41) is 0. The molecule has 0 radical (unpaired) electrons. The molecule has 2 nitrogen and oxygen atoms in total. The van der Waals surface area contributed by atoms with Crippen molar-refractivity contribution in [2.45, 2.75) is 32.0 Å². The molecule has 1 saturated heterocycles. The summed E-state index contributed by atoms with van der Waals surface area (Å²) in [6, 6.07) is 5.59. The van der Waals surface area contributed by atoms with Crippen molar-refractivity contribution in [1.29, 1.82) is 0 Å². The molecule has 94 valence electrons. The number of benzene rings is 1. The van der Waals surface area contributed by atoms with Crippen LogP contribution >= 0.6 is 15.9 Å². The Morgan fingerprint density at radius 1 is 1.53 bits per heavy atom. The van der Waals surface area contributed by atoms with E-state index < -0.39 is 0 Å². The van der Waals surface area contributed by atoms with Crippen molar-refractivity contribution in [3.63, 3.8) is 0 Å². The van der Waals surface area contributed by atoms with Crippen LogP contribution in [0.3, 0.4) is 0 Å². The third-order valence-corrected chi connectivity index (χ3v) is 4.24. The molecule has 1 aromatic rings. The van der Waals surface area contributed by atoms with Crippen LogP contribution in [0.5, 0.6) is 0 Å². The molecular weight excluding hydrogens is 285 g/mol. The van der Waals surface area contributed by atoms with Crippen molar-refractivity contribution in [3.05, 3.63) is 34.1 Å². The molecule has 1 fully saturated rings. The molecular formula is C13H17BrFNO. The molecule has 1 aliphatic heterocycles. The molecule has 0 aliphatic carbocycles. The molecule has 0 amide bonds. The maximum atomic E-state index is 13.4. The summed E-state index contributed by atoms with van der Waals surface area (Å²) >= 11 is 3.30. The Bertz CT molecular complexity index is 399. The lowest BCUT2D eigenvalue weighted by atomic mass is 10.1. The molecule has 0 saturated carbocycles. The average Bonchev–Trinajstić information content (AvgIpc) is 2.71. The van der Waals surface area contributed by atoms with Crippen LogP contribution in [0.1, 0.15) is 18.9 Å². The summed E-state index contributed by atoms with van der Waals surface area (Å²) < 4.78 is 19.5. The van der Waals surface area contributed by atoms with Gasteiger partial charge in [-0.05, 0) is 48.0 Å². The van der Waals surface area contributed by atoms with Gasteiger partial charge in [0.25, 0.3) is 0 Å². The van der Waals surface area contributed by atoms with Crippen LogP contribution in [0.4, 0.5) is 4.39 Å². The van der Waals surface area contributed by atoms with Gasteiger partial charge < -0.3 is 4.74 Å². The number of hydrogen-bond donors (Lipinski definition) is 0. The van der Waals surface area contributed by atoms with E-state index in [2.05, 4.69) is 34.8 Å². The Kier molecular flexibility index (Phi) is 4.17. The molecule has 1 aliphatic rings. The molecule has 0 N–H and O–H groups in total. The van der Waals surface area contributed by atoms with Crippen molar-refractivity contribution in [3.8, 4) is 0 Å². The molecule has 2 unspecified atom stereocenters. The summed E-state index contributed by atoms with van der Waals surface area (Å²) in [5.41, 5.74) is 0.978. The Morgan fingerprint density at radius 3 is 2.94 bits per heavy atom. The largest absolute Gasteiger partial charge is 0.377 e. The molecule has 2 rings (SSSR count). The maximum Gasteiger partial charge on any atom is 0.137 e. The van der Waals surface area contributed by atoms with Gasteiger partial charge in [0.05, 0.1) is 10.6 Å². The third kappa shape index (κ3) is 2.87. The normalized spacial score (nSPS) is 24.5. The van der Waals surface area contributed by atoms with Gasteiger partial charge in [-0.2, -0.15) is 0 Å². The Labute approximate surface area is 110 Å². The second-order valence-electron chi connectivity index (χ2n) is 4.56. The Morgan fingerprint density at radius 2 is 2.29 bits per heavy atom. The van der Waals surface area contributed by atoms with E-state index in [1.54, 1.807) is 6.07 Å². The highest BCUT2D eigenvalue weighted by atomic mass is 79.9. The lowest BCUT2D eigenvalue weighted by molar-refractivity contribution is 0.0813. The monoisotopic (exact) mass is 301 g/mol. The standard InChI is InChI=1S/C13H17BrFNO/c1-9-12(6-7-17-9)16(2)8-10-4-3-5-11(15)13(10)14/h3-5,9,12H,6-8H2,1-2H3. The van der Waals surface area contributed by atoms with Gasteiger partial charge in [0.1, 0.15) is 5.82 Å². The minimum atomic E-state index is -0.202. The maximum absolute atomic E-state index is 13.4. The van der Waals surface area contributed by atoms with E-state index in [0.29, 0.717) is 10.5 Å². The van der Waals surface area contributed by atoms with Crippen LogP contribution in [0.2, 0.25) is 0 Å². The molecule has 0 aromatic heterocycles. The first-order chi connectivity index (χ1) is 8.09. The first-order valence-corrected chi connectivity index (χ1v) is 6.63. The van der Waals surface area contributed by atoms with Crippen LogP contribution in [-0.4, -0.2) is 30.7 Å². The zero-order valence-electron chi connectivity index (χ0n) is 10.1. The second kappa shape index (κ2) is 5.46. The fourth-order valence-electron chi connectivity index (χ4n) is 2.36. The van der Waals surface area contributed by atoms with E-state index in [4.69, 9.17) is 4.74 Å². The summed E-state index contributed by atoms with van der Waals surface area (Å²) in [5.74, 6) is -0.202. The van der Waals surface area contributed by atoms with Gasteiger partial charge in [-0.1, -0.05) is 12.1 Å². The lowest BCUT2D eigenvalue weighted by Crippen LogP contribution is -2.36. The number of ether oxygens (including phenoxy) is 1. The van der Waals surface area contributed by atoms with Gasteiger partial charge in [-0.25, -0.2) is 4.39 Å². The van der Waals surface area contributed by atoms with Crippen molar-refractivity contribution >= 4 is 15.9 Å². The van der Waals surface area contributed by atoms with Gasteiger partial charge in [-0.15, -0.1) is 0 Å². The summed E-state index contributed by atoms with van der Waals surface area (Å²) in [7, 11) is 2.06. The van der Waals surface area contributed by atoms with Crippen LogP contribution in [-0.2, 0) is 11.3 Å². The minimum absolute atomic E-state index is 0.202. The molecule has 17 heavy (non-hydrogen) atoms. The van der Waals surface area contributed by atoms with Crippen LogP contribution in [0.15, 0.2) is 22.7 Å². The molecule has 0 spiro atoms. The third-order valence-electron chi connectivity index (χ3n) is 3.35. The van der Waals surface area contributed by atoms with E-state index >= 15 is 0 Å². The number of halogens is 2. The average molecular weight is 302 g/mol. The van der Waals surface area contributed by atoms with E-state index in [-0.39, 0.29) is 11.9 Å². The first kappa shape index (κ1) is 13.0. The highest BCUT2D eigenvalue weighted by Crippen LogP contribution is 2.25. The zero-order chi connectivity index (χ0) is 12.4. The highest BCUT2D eigenvalue weighted by molar-refractivity contribution is 9.10. The van der Waals surface area contributed by atoms with Gasteiger partial charge >= 0.3 is 0 Å². The zero-order valence-corrected chi connectivity index (χ0v) is 11.7. The SMILES string of the molecule is CC1OCCC1N(C)Cc1cccc(F)c1Br. The van der Waals surface area contributed by atoms with Crippen LogP contribution in [0, 0.1) is 5.82 Å². The summed E-state index contributed by atoms with van der Waals surface area (Å²) in [4.78, 5) is 2.23. The number of hydrogen-bond acceptors (Lipinski definition) is 2. The van der Waals surface area contributed by atoms with Gasteiger partial charge in [0, 0.05) is 19.2 Å². The van der Waals surface area contributed by atoms with Crippen LogP contribution in [0.25, 0.3) is 0 Å². The minimum Gasteiger partial charge on any atom is -0.377 e. The Balaban J connectivity index is 2.07. The van der Waals surface area contributed by atoms with Crippen molar-refractivity contribution in [2.75, 3.05) is 13.7 Å². The summed E-state index contributed by atoms with van der Waals surface area (Å²) in [6.07, 6.45) is 1.30. The quantitative estimate of drug-likeness (QED) is 0.850. The first-order valence-electron chi connectivity index (χ1n) is 5.84. The van der Waals surface area contributed by atoms with Gasteiger partial charge in [0.15, 0.2) is 0 Å². The van der Waals surface area contributed by atoms with E-state index in [1.807, 2.05) is 6.07 Å². The smallest absolute Gasteiger partial charge is 0.137 e. The molecule has 1 aromatic carbocycles. The number of rotatable bonds is 3. The van der Waals surface area contributed by atoms with E-state index in [9.17, 15) is 4.39 Å². The molecule has 4 heteroatoms.